The number of aryl methyl sites for hydroxylation is 2. The van der Waals surface area contributed by atoms with Gasteiger partial charge in [-0.15, -0.1) is 0 Å². The molecule has 0 N–H and O–H groups in total. The molecule has 0 spiro atoms. The second-order valence-corrected chi connectivity index (χ2v) is 13.1. The molecule has 0 saturated carbocycles. The topological polar surface area (TPSA) is 103 Å². The van der Waals surface area contributed by atoms with Crippen LogP contribution in [0.5, 0.6) is 0 Å². The van der Waals surface area contributed by atoms with E-state index in [-0.39, 0.29) is 24.9 Å². The fourth-order valence-electron chi connectivity index (χ4n) is 7.26. The quantitative estimate of drug-likeness (QED) is 0.159. The molecule has 0 unspecified atom stereocenters. The molecular formula is C40H40N4O6. The number of carbonyl (C=O) groups excluding carboxylic acids is 4. The third-order valence-electron chi connectivity index (χ3n) is 9.79. The number of amides is 2. The van der Waals surface area contributed by atoms with Gasteiger partial charge in [-0.2, -0.15) is 0 Å². The van der Waals surface area contributed by atoms with Gasteiger partial charge in [-0.1, -0.05) is 60.7 Å². The highest BCUT2D eigenvalue weighted by molar-refractivity contribution is 6.13. The molecule has 0 aliphatic carbocycles. The zero-order valence-corrected chi connectivity index (χ0v) is 28.3. The van der Waals surface area contributed by atoms with Crippen molar-refractivity contribution in [2.45, 2.75) is 64.8 Å². The van der Waals surface area contributed by atoms with Crippen LogP contribution < -0.4 is 0 Å². The molecule has 2 saturated heterocycles. The van der Waals surface area contributed by atoms with E-state index in [1.165, 1.54) is 14.4 Å². The molecule has 7 rings (SSSR count). The largest absolute Gasteiger partial charge is 0.445 e. The molecule has 2 aliphatic rings. The first kappa shape index (κ1) is 32.9. The fourth-order valence-corrected chi connectivity index (χ4v) is 7.26. The molecule has 4 heterocycles. The molecule has 50 heavy (non-hydrogen) atoms. The molecule has 256 valence electrons. The number of carbonyl (C=O) groups is 4. The average Bonchev–Trinajstić information content (AvgIpc) is 3.96. The van der Waals surface area contributed by atoms with Gasteiger partial charge in [-0.05, 0) is 81.0 Å². The van der Waals surface area contributed by atoms with Crippen LogP contribution in [0.4, 0.5) is 9.59 Å². The highest BCUT2D eigenvalue weighted by Gasteiger charge is 2.39. The zero-order chi connectivity index (χ0) is 34.8. The van der Waals surface area contributed by atoms with Gasteiger partial charge in [0.25, 0.3) is 5.91 Å². The Labute approximate surface area is 290 Å². The summed E-state index contributed by atoms with van der Waals surface area (Å²) in [6.45, 7) is 5.04. The number of aromatic nitrogens is 2. The van der Waals surface area contributed by atoms with Gasteiger partial charge in [0.2, 0.25) is 0 Å². The molecule has 5 aromatic rings. The van der Waals surface area contributed by atoms with Gasteiger partial charge in [0.05, 0.1) is 11.6 Å². The molecule has 2 fully saturated rings. The minimum Gasteiger partial charge on any atom is -0.445 e. The van der Waals surface area contributed by atoms with Gasteiger partial charge in [-0.3, -0.25) is 24.0 Å². The molecular weight excluding hydrogens is 632 g/mol. The number of ketones is 1. The number of nitrogens with zero attached hydrogens (tertiary/aromatic N) is 4. The molecule has 10 heteroatoms. The number of likely N-dealkylation sites (tertiary alicyclic amines) is 2. The number of benzene rings is 3. The number of ether oxygens (including phenoxy) is 2. The standard InChI is InChI=1S/C40H40N4O6/c1-27-17-18-28(2)44(27)31-19-20-34-32(23-31)33(37(45)35-15-9-21-41(35)39(47)49-25-29-11-5-3-6-12-29)24-43(34)38(46)36-16-10-22-42(36)40(48)50-26-30-13-7-4-8-14-30/h3-8,11-14,17-20,23-24,35-36H,9-10,15-16,21-22,25-26H2,1-2H3/t35-,36-/m1/s1. The van der Waals surface area contributed by atoms with Crippen molar-refractivity contribution in [2.24, 2.45) is 0 Å². The molecule has 0 bridgehead atoms. The predicted octanol–water partition coefficient (Wildman–Crippen LogP) is 7.47. The van der Waals surface area contributed by atoms with Gasteiger partial charge in [-0.25, -0.2) is 9.59 Å². The van der Waals surface area contributed by atoms with E-state index >= 15 is 0 Å². The first-order valence-corrected chi connectivity index (χ1v) is 17.1. The number of fused-ring (bicyclic) bond motifs is 1. The van der Waals surface area contributed by atoms with Crippen LogP contribution in [0.1, 0.15) is 63.4 Å². The summed E-state index contributed by atoms with van der Waals surface area (Å²) in [6, 6.07) is 27.1. The van der Waals surface area contributed by atoms with Crippen LogP contribution in [0.3, 0.4) is 0 Å². The maximum Gasteiger partial charge on any atom is 0.410 e. The van der Waals surface area contributed by atoms with Gasteiger partial charge >= 0.3 is 12.2 Å². The minimum absolute atomic E-state index is 0.106. The molecule has 2 aromatic heterocycles. The zero-order valence-electron chi connectivity index (χ0n) is 28.3. The Bertz CT molecular complexity index is 2030. The number of hydrogen-bond donors (Lipinski definition) is 0. The van der Waals surface area contributed by atoms with Crippen LogP contribution in [-0.4, -0.2) is 68.0 Å². The summed E-state index contributed by atoms with van der Waals surface area (Å²) in [6.07, 6.45) is 2.77. The third kappa shape index (κ3) is 6.41. The fraction of sp³-hybridized carbons (Fsp3) is 0.300. The predicted molar refractivity (Wildman–Crippen MR) is 188 cm³/mol. The molecule has 2 amide bonds. The molecule has 10 nitrogen and oxygen atoms in total. The summed E-state index contributed by atoms with van der Waals surface area (Å²) in [5, 5.41) is 0.606. The Morgan fingerprint density at radius 3 is 1.80 bits per heavy atom. The van der Waals surface area contributed by atoms with Crippen molar-refractivity contribution < 1.29 is 28.7 Å². The van der Waals surface area contributed by atoms with E-state index in [9.17, 15) is 19.2 Å². The Kier molecular flexibility index (Phi) is 9.25. The Hall–Kier alpha value is -5.64. The lowest BCUT2D eigenvalue weighted by Crippen LogP contribution is -2.42. The summed E-state index contributed by atoms with van der Waals surface area (Å²) in [5.41, 5.74) is 5.54. The van der Waals surface area contributed by atoms with E-state index in [4.69, 9.17) is 9.47 Å². The summed E-state index contributed by atoms with van der Waals surface area (Å²) >= 11 is 0. The van der Waals surface area contributed by atoms with Crippen molar-refractivity contribution in [3.8, 4) is 5.69 Å². The van der Waals surface area contributed by atoms with Crippen molar-refractivity contribution in [1.29, 1.82) is 0 Å². The van der Waals surface area contributed by atoms with E-state index in [1.807, 2.05) is 105 Å². The van der Waals surface area contributed by atoms with Crippen LogP contribution in [0.2, 0.25) is 0 Å². The van der Waals surface area contributed by atoms with E-state index in [1.54, 1.807) is 6.20 Å². The van der Waals surface area contributed by atoms with Crippen LogP contribution in [0, 0.1) is 13.8 Å². The minimum atomic E-state index is -0.749. The smallest absolute Gasteiger partial charge is 0.410 e. The van der Waals surface area contributed by atoms with E-state index < -0.39 is 24.3 Å². The second-order valence-electron chi connectivity index (χ2n) is 13.1. The first-order valence-electron chi connectivity index (χ1n) is 17.1. The maximum absolute atomic E-state index is 14.5. The van der Waals surface area contributed by atoms with Gasteiger partial charge in [0.15, 0.2) is 5.78 Å². The number of hydrogen-bond acceptors (Lipinski definition) is 6. The van der Waals surface area contributed by atoms with E-state index in [0.29, 0.717) is 55.2 Å². The average molecular weight is 673 g/mol. The van der Waals surface area contributed by atoms with Crippen molar-refractivity contribution in [3.63, 3.8) is 0 Å². The van der Waals surface area contributed by atoms with Crippen molar-refractivity contribution >= 4 is 34.8 Å². The van der Waals surface area contributed by atoms with Crippen molar-refractivity contribution in [1.82, 2.24) is 18.9 Å². The highest BCUT2D eigenvalue weighted by Crippen LogP contribution is 2.32. The molecule has 2 atom stereocenters. The molecule has 0 radical (unpaired) electrons. The summed E-state index contributed by atoms with van der Waals surface area (Å²) in [4.78, 5) is 58.3. The first-order chi connectivity index (χ1) is 24.3. The van der Waals surface area contributed by atoms with E-state index in [0.717, 1.165) is 28.2 Å². The molecule has 3 aromatic carbocycles. The summed E-state index contributed by atoms with van der Waals surface area (Å²) < 4.78 is 14.8. The highest BCUT2D eigenvalue weighted by atomic mass is 16.6. The monoisotopic (exact) mass is 672 g/mol. The Morgan fingerprint density at radius 2 is 1.22 bits per heavy atom. The Morgan fingerprint density at radius 1 is 0.680 bits per heavy atom. The summed E-state index contributed by atoms with van der Waals surface area (Å²) in [5.74, 6) is -0.561. The number of rotatable bonds is 8. The van der Waals surface area contributed by atoms with Crippen molar-refractivity contribution in [3.05, 3.63) is 125 Å². The maximum atomic E-state index is 14.5. The van der Waals surface area contributed by atoms with Crippen LogP contribution in [-0.2, 0) is 22.7 Å². The lowest BCUT2D eigenvalue weighted by molar-refractivity contribution is 0.0678. The van der Waals surface area contributed by atoms with Crippen LogP contribution in [0.15, 0.2) is 97.2 Å². The van der Waals surface area contributed by atoms with Gasteiger partial charge < -0.3 is 14.0 Å². The third-order valence-corrected chi connectivity index (χ3v) is 9.79. The molecule has 2 aliphatic heterocycles. The lowest BCUT2D eigenvalue weighted by atomic mass is 10.0. The summed E-state index contributed by atoms with van der Waals surface area (Å²) in [7, 11) is 0. The van der Waals surface area contributed by atoms with Crippen LogP contribution in [0.25, 0.3) is 16.6 Å². The van der Waals surface area contributed by atoms with Crippen molar-refractivity contribution in [2.75, 3.05) is 13.1 Å². The van der Waals surface area contributed by atoms with Gasteiger partial charge in [0, 0.05) is 47.3 Å². The van der Waals surface area contributed by atoms with E-state index in [2.05, 4.69) is 4.57 Å². The number of Topliss-reactive ketones (excluding diaryl/α,β-unsaturated/α-hetero) is 1. The van der Waals surface area contributed by atoms with Crippen LogP contribution >= 0.6 is 0 Å². The lowest BCUT2D eigenvalue weighted by Gasteiger charge is -2.23. The Balaban J connectivity index is 1.20. The van der Waals surface area contributed by atoms with Gasteiger partial charge in [0.1, 0.15) is 19.3 Å². The second kappa shape index (κ2) is 14.1. The SMILES string of the molecule is Cc1ccc(C)n1-c1ccc2c(c1)c(C(=O)[C@H]1CCCN1C(=O)OCc1ccccc1)cn2C(=O)[C@H]1CCCN1C(=O)OCc1ccccc1. The normalized spacial score (nSPS) is 17.3.